The molecule has 0 fully saturated rings. The van der Waals surface area contributed by atoms with Crippen LogP contribution in [0, 0.1) is 0 Å². The van der Waals surface area contributed by atoms with Crippen molar-refractivity contribution in [2.75, 3.05) is 13.1 Å². The lowest BCUT2D eigenvalue weighted by Gasteiger charge is -2.25. The smallest absolute Gasteiger partial charge is 0.406 e. The van der Waals surface area contributed by atoms with Gasteiger partial charge < -0.3 is 4.74 Å². The number of sulfonamides is 1. The minimum atomic E-state index is -4.75. The molecule has 0 spiro atoms. The summed E-state index contributed by atoms with van der Waals surface area (Å²) in [5.41, 5.74) is 2.80. The van der Waals surface area contributed by atoms with Crippen molar-refractivity contribution in [3.63, 3.8) is 0 Å². The average Bonchev–Trinajstić information content (AvgIpc) is 3.09. The summed E-state index contributed by atoms with van der Waals surface area (Å²) in [7, 11) is -3.64. The maximum Gasteiger partial charge on any atom is 0.573 e. The molecular weight excluding hydrogens is 377 g/mol. The SMILES string of the molecule is O=S(=O)(c1cscn1)N1CC=C(c2cccc(OC(F)(F)F)c2)CC1. The maximum absolute atomic E-state index is 12.4. The van der Waals surface area contributed by atoms with Gasteiger partial charge in [0.1, 0.15) is 5.75 Å². The van der Waals surface area contributed by atoms with E-state index in [9.17, 15) is 21.6 Å². The summed E-state index contributed by atoms with van der Waals surface area (Å²) in [4.78, 5) is 3.83. The summed E-state index contributed by atoms with van der Waals surface area (Å²) in [5.74, 6) is -0.302. The Bertz CT molecular complexity index is 878. The first-order chi connectivity index (χ1) is 11.8. The van der Waals surface area contributed by atoms with Crippen molar-refractivity contribution in [1.29, 1.82) is 0 Å². The van der Waals surface area contributed by atoms with Gasteiger partial charge in [-0.3, -0.25) is 0 Å². The van der Waals surface area contributed by atoms with Gasteiger partial charge in [0, 0.05) is 18.5 Å². The molecular formula is C15H13F3N2O3S2. The van der Waals surface area contributed by atoms with Crippen LogP contribution in [0.25, 0.3) is 5.57 Å². The molecule has 3 rings (SSSR count). The van der Waals surface area contributed by atoms with Crippen molar-refractivity contribution in [1.82, 2.24) is 9.29 Å². The minimum absolute atomic E-state index is 0.00919. The van der Waals surface area contributed by atoms with E-state index in [2.05, 4.69) is 9.72 Å². The second-order valence-electron chi connectivity index (χ2n) is 5.24. The molecule has 134 valence electrons. The van der Waals surface area contributed by atoms with E-state index in [1.54, 1.807) is 12.1 Å². The number of aromatic nitrogens is 1. The first-order valence-electron chi connectivity index (χ1n) is 7.19. The fourth-order valence-electron chi connectivity index (χ4n) is 2.49. The summed E-state index contributed by atoms with van der Waals surface area (Å²) >= 11 is 1.20. The molecule has 0 saturated carbocycles. The van der Waals surface area contributed by atoms with Gasteiger partial charge in [-0.1, -0.05) is 18.2 Å². The highest BCUT2D eigenvalue weighted by atomic mass is 32.2. The van der Waals surface area contributed by atoms with Crippen LogP contribution >= 0.6 is 11.3 Å². The third-order valence-electron chi connectivity index (χ3n) is 3.62. The average molecular weight is 390 g/mol. The first-order valence-corrected chi connectivity index (χ1v) is 9.57. The zero-order valence-electron chi connectivity index (χ0n) is 12.7. The van der Waals surface area contributed by atoms with Crippen molar-refractivity contribution in [2.45, 2.75) is 17.8 Å². The predicted molar refractivity (Wildman–Crippen MR) is 86.6 cm³/mol. The van der Waals surface area contributed by atoms with Gasteiger partial charge in [-0.15, -0.1) is 24.5 Å². The quantitative estimate of drug-likeness (QED) is 0.802. The summed E-state index contributed by atoms with van der Waals surface area (Å²) in [6.07, 6.45) is -2.67. The van der Waals surface area contributed by atoms with Crippen LogP contribution in [0.4, 0.5) is 13.2 Å². The number of benzene rings is 1. The van der Waals surface area contributed by atoms with E-state index >= 15 is 0 Å². The molecule has 1 aliphatic heterocycles. The second-order valence-corrected chi connectivity index (χ2v) is 7.85. The Morgan fingerprint density at radius 1 is 1.28 bits per heavy atom. The lowest BCUT2D eigenvalue weighted by Crippen LogP contribution is -2.34. The van der Waals surface area contributed by atoms with Crippen LogP contribution in [0.5, 0.6) is 5.75 Å². The van der Waals surface area contributed by atoms with E-state index in [0.717, 1.165) is 5.57 Å². The molecule has 0 unspecified atom stereocenters. The standard InChI is InChI=1S/C15H13F3N2O3S2/c16-15(17,18)23-13-3-1-2-12(8-13)11-4-6-20(7-5-11)25(21,22)14-9-24-10-19-14/h1-4,8-10H,5-7H2. The lowest BCUT2D eigenvalue weighted by atomic mass is 10.0. The Morgan fingerprint density at radius 2 is 2.08 bits per heavy atom. The molecule has 2 aromatic rings. The molecule has 0 saturated heterocycles. The number of halogens is 3. The van der Waals surface area contributed by atoms with Gasteiger partial charge in [0.05, 0.1) is 5.51 Å². The van der Waals surface area contributed by atoms with Gasteiger partial charge in [0.15, 0.2) is 5.03 Å². The molecule has 0 radical (unpaired) electrons. The minimum Gasteiger partial charge on any atom is -0.406 e. The van der Waals surface area contributed by atoms with Crippen molar-refractivity contribution < 1.29 is 26.3 Å². The number of hydrogen-bond donors (Lipinski definition) is 0. The molecule has 25 heavy (non-hydrogen) atoms. The van der Waals surface area contributed by atoms with Crippen LogP contribution in [-0.2, 0) is 10.0 Å². The molecule has 0 bridgehead atoms. The van der Waals surface area contributed by atoms with E-state index in [1.165, 1.54) is 44.7 Å². The molecule has 1 aliphatic rings. The number of thiazole rings is 1. The highest BCUT2D eigenvalue weighted by Crippen LogP contribution is 2.30. The summed E-state index contributed by atoms with van der Waals surface area (Å²) in [6, 6.07) is 5.65. The molecule has 0 amide bonds. The van der Waals surface area contributed by atoms with E-state index in [-0.39, 0.29) is 23.9 Å². The van der Waals surface area contributed by atoms with Crippen LogP contribution < -0.4 is 4.74 Å². The number of rotatable bonds is 4. The van der Waals surface area contributed by atoms with Crippen molar-refractivity contribution in [3.05, 3.63) is 46.8 Å². The second kappa shape index (κ2) is 6.77. The molecule has 2 heterocycles. The Kier molecular flexibility index (Phi) is 4.85. The van der Waals surface area contributed by atoms with Gasteiger partial charge in [0.2, 0.25) is 0 Å². The number of ether oxygens (including phenoxy) is 1. The highest BCUT2D eigenvalue weighted by molar-refractivity contribution is 7.89. The van der Waals surface area contributed by atoms with E-state index < -0.39 is 16.4 Å². The number of nitrogens with zero attached hydrogens (tertiary/aromatic N) is 2. The Hall–Kier alpha value is -1.91. The maximum atomic E-state index is 12.4. The topological polar surface area (TPSA) is 59.5 Å². The predicted octanol–water partition coefficient (Wildman–Crippen LogP) is 3.52. The van der Waals surface area contributed by atoms with Crippen LogP contribution in [-0.4, -0.2) is 37.2 Å². The largest absolute Gasteiger partial charge is 0.573 e. The highest BCUT2D eigenvalue weighted by Gasteiger charge is 2.31. The molecule has 10 heteroatoms. The van der Waals surface area contributed by atoms with Gasteiger partial charge >= 0.3 is 6.36 Å². The van der Waals surface area contributed by atoms with Gasteiger partial charge in [-0.25, -0.2) is 13.4 Å². The third-order valence-corrected chi connectivity index (χ3v) is 6.12. The van der Waals surface area contributed by atoms with Gasteiger partial charge in [-0.2, -0.15) is 4.31 Å². The van der Waals surface area contributed by atoms with Crippen molar-refractivity contribution in [3.8, 4) is 5.75 Å². The van der Waals surface area contributed by atoms with Gasteiger partial charge in [0.25, 0.3) is 10.0 Å². The molecule has 1 aromatic carbocycles. The van der Waals surface area contributed by atoms with Crippen LogP contribution in [0.3, 0.4) is 0 Å². The first kappa shape index (κ1) is 17.9. The van der Waals surface area contributed by atoms with Crippen LogP contribution in [0.1, 0.15) is 12.0 Å². The monoisotopic (exact) mass is 390 g/mol. The fourth-order valence-corrected chi connectivity index (χ4v) is 4.67. The fraction of sp³-hybridized carbons (Fsp3) is 0.267. The Morgan fingerprint density at radius 3 is 2.68 bits per heavy atom. The van der Waals surface area contributed by atoms with E-state index in [0.29, 0.717) is 12.0 Å². The van der Waals surface area contributed by atoms with Crippen molar-refractivity contribution >= 4 is 26.9 Å². The van der Waals surface area contributed by atoms with Crippen molar-refractivity contribution in [2.24, 2.45) is 0 Å². The zero-order chi connectivity index (χ0) is 18.1. The summed E-state index contributed by atoms with van der Waals surface area (Å²) in [6.45, 7) is 0.371. The zero-order valence-corrected chi connectivity index (χ0v) is 14.4. The van der Waals surface area contributed by atoms with Gasteiger partial charge in [-0.05, 0) is 29.7 Å². The molecule has 0 atom stereocenters. The molecule has 0 aliphatic carbocycles. The Labute approximate surface area is 146 Å². The van der Waals surface area contributed by atoms with Crippen LogP contribution in [0.15, 0.2) is 46.3 Å². The number of alkyl halides is 3. The van der Waals surface area contributed by atoms with E-state index in [4.69, 9.17) is 0 Å². The summed E-state index contributed by atoms with van der Waals surface area (Å²) in [5, 5.41) is 1.47. The van der Waals surface area contributed by atoms with Crippen LogP contribution in [0.2, 0.25) is 0 Å². The molecule has 1 aromatic heterocycles. The molecule has 5 nitrogen and oxygen atoms in total. The Balaban J connectivity index is 1.77. The summed E-state index contributed by atoms with van der Waals surface area (Å²) < 4.78 is 67.0. The number of hydrogen-bond acceptors (Lipinski definition) is 5. The third kappa shape index (κ3) is 4.20. The normalized spacial score (nSPS) is 16.5. The molecule has 0 N–H and O–H groups in total. The van der Waals surface area contributed by atoms with E-state index in [1.807, 2.05) is 0 Å². The lowest BCUT2D eigenvalue weighted by molar-refractivity contribution is -0.274.